The van der Waals surface area contributed by atoms with Gasteiger partial charge in [0.15, 0.2) is 11.5 Å². The second-order valence-electron chi connectivity index (χ2n) is 4.94. The minimum absolute atomic E-state index is 0.0474. The average Bonchev–Trinajstić information content (AvgIpc) is 2.59. The molecule has 1 atom stereocenters. The number of nitrogens with zero attached hydrogens (tertiary/aromatic N) is 1. The Hall–Kier alpha value is -2.84. The van der Waals surface area contributed by atoms with Gasteiger partial charge in [-0.15, -0.1) is 0 Å². The van der Waals surface area contributed by atoms with Gasteiger partial charge in [-0.1, -0.05) is 12.1 Å². The molecule has 0 bridgehead atoms. The standard InChI is InChI=1S/C16H18N2O6/c1-23-15-4-2-3-5-16(15)24-14-7-11(17-9-13(20)10-19)6-12(8-14)18(21)22/h2-8,13,17,19-20H,9-10H2,1H3. The molecule has 0 aliphatic heterocycles. The first kappa shape index (κ1) is 17.5. The number of non-ortho nitro benzene ring substituents is 1. The largest absolute Gasteiger partial charge is 0.493 e. The van der Waals surface area contributed by atoms with Crippen LogP contribution in [-0.2, 0) is 0 Å². The van der Waals surface area contributed by atoms with E-state index < -0.39 is 17.6 Å². The summed E-state index contributed by atoms with van der Waals surface area (Å²) in [6.07, 6.45) is -0.970. The van der Waals surface area contributed by atoms with E-state index in [0.717, 1.165) is 0 Å². The van der Waals surface area contributed by atoms with Gasteiger partial charge in [-0.05, 0) is 12.1 Å². The molecule has 0 aliphatic rings. The van der Waals surface area contributed by atoms with Crippen molar-refractivity contribution in [2.45, 2.75) is 6.10 Å². The Morgan fingerprint density at radius 2 is 1.96 bits per heavy atom. The first-order valence-electron chi connectivity index (χ1n) is 7.16. The van der Waals surface area contributed by atoms with Gasteiger partial charge in [-0.25, -0.2) is 0 Å². The lowest BCUT2D eigenvalue weighted by molar-refractivity contribution is -0.384. The molecular weight excluding hydrogens is 316 g/mol. The summed E-state index contributed by atoms with van der Waals surface area (Å²) in [4.78, 5) is 10.5. The molecule has 0 amide bonds. The summed E-state index contributed by atoms with van der Waals surface area (Å²) in [5.41, 5.74) is 0.227. The first-order chi connectivity index (χ1) is 11.5. The molecule has 128 valence electrons. The van der Waals surface area contributed by atoms with Gasteiger partial charge >= 0.3 is 0 Å². The Morgan fingerprint density at radius 1 is 1.25 bits per heavy atom. The fourth-order valence-electron chi connectivity index (χ4n) is 1.98. The second-order valence-corrected chi connectivity index (χ2v) is 4.94. The monoisotopic (exact) mass is 334 g/mol. The summed E-state index contributed by atoms with van der Waals surface area (Å²) in [5, 5.41) is 32.1. The van der Waals surface area contributed by atoms with Gasteiger partial charge in [0.2, 0.25) is 0 Å². The predicted molar refractivity (Wildman–Crippen MR) is 87.7 cm³/mol. The molecule has 1 unspecified atom stereocenters. The van der Waals surface area contributed by atoms with Crippen LogP contribution in [0.25, 0.3) is 0 Å². The summed E-state index contributed by atoms with van der Waals surface area (Å²) in [6, 6.07) is 11.1. The number of para-hydroxylation sites is 2. The number of nitro benzene ring substituents is 1. The Balaban J connectivity index is 2.28. The topological polar surface area (TPSA) is 114 Å². The highest BCUT2D eigenvalue weighted by Crippen LogP contribution is 2.34. The van der Waals surface area contributed by atoms with Crippen molar-refractivity contribution in [3.63, 3.8) is 0 Å². The van der Waals surface area contributed by atoms with Crippen molar-refractivity contribution in [3.8, 4) is 17.2 Å². The minimum Gasteiger partial charge on any atom is -0.493 e. The quantitative estimate of drug-likeness (QED) is 0.500. The van der Waals surface area contributed by atoms with Crippen LogP contribution in [0.4, 0.5) is 11.4 Å². The molecule has 2 aromatic rings. The van der Waals surface area contributed by atoms with E-state index in [9.17, 15) is 15.2 Å². The van der Waals surface area contributed by atoms with Crippen LogP contribution in [-0.4, -0.2) is 41.5 Å². The fraction of sp³-hybridized carbons (Fsp3) is 0.250. The third-order valence-corrected chi connectivity index (χ3v) is 3.15. The molecular formula is C16H18N2O6. The summed E-state index contributed by atoms with van der Waals surface area (Å²) < 4.78 is 10.9. The number of nitrogens with one attached hydrogen (secondary N) is 1. The van der Waals surface area contributed by atoms with E-state index in [2.05, 4.69) is 5.32 Å². The predicted octanol–water partition coefficient (Wildman–Crippen LogP) is 2.16. The molecule has 2 aromatic carbocycles. The first-order valence-corrected chi connectivity index (χ1v) is 7.16. The maximum Gasteiger partial charge on any atom is 0.275 e. The highest BCUT2D eigenvalue weighted by molar-refractivity contribution is 5.57. The highest BCUT2D eigenvalue weighted by atomic mass is 16.6. The van der Waals surface area contributed by atoms with E-state index in [-0.39, 0.29) is 18.0 Å². The Bertz CT molecular complexity index is 707. The van der Waals surface area contributed by atoms with Gasteiger partial charge in [0.1, 0.15) is 5.75 Å². The van der Waals surface area contributed by atoms with E-state index in [1.165, 1.54) is 19.2 Å². The van der Waals surface area contributed by atoms with Crippen molar-refractivity contribution in [3.05, 3.63) is 52.6 Å². The molecule has 0 aliphatic carbocycles. The number of rotatable bonds is 8. The molecule has 0 aromatic heterocycles. The molecule has 8 heteroatoms. The molecule has 0 heterocycles. The van der Waals surface area contributed by atoms with E-state index in [4.69, 9.17) is 14.6 Å². The maximum absolute atomic E-state index is 11.1. The number of ether oxygens (including phenoxy) is 2. The lowest BCUT2D eigenvalue weighted by Gasteiger charge is -2.13. The average molecular weight is 334 g/mol. The zero-order valence-electron chi connectivity index (χ0n) is 13.0. The summed E-state index contributed by atoms with van der Waals surface area (Å²) in [7, 11) is 1.50. The molecule has 2 rings (SSSR count). The van der Waals surface area contributed by atoms with Crippen LogP contribution in [0.5, 0.6) is 17.2 Å². The van der Waals surface area contributed by atoms with Crippen LogP contribution >= 0.6 is 0 Å². The third-order valence-electron chi connectivity index (χ3n) is 3.15. The van der Waals surface area contributed by atoms with Crippen molar-refractivity contribution in [2.24, 2.45) is 0 Å². The Morgan fingerprint density at radius 3 is 2.58 bits per heavy atom. The van der Waals surface area contributed by atoms with Crippen molar-refractivity contribution < 1.29 is 24.6 Å². The Kier molecular flexibility index (Phi) is 5.94. The molecule has 3 N–H and O–H groups in total. The number of benzene rings is 2. The molecule has 0 radical (unpaired) electrons. The zero-order valence-corrected chi connectivity index (χ0v) is 13.0. The molecule has 0 spiro atoms. The van der Waals surface area contributed by atoms with E-state index in [1.807, 2.05) is 0 Å². The van der Waals surface area contributed by atoms with Crippen LogP contribution in [0.2, 0.25) is 0 Å². The van der Waals surface area contributed by atoms with Crippen LogP contribution in [0.1, 0.15) is 0 Å². The number of hydrogen-bond donors (Lipinski definition) is 3. The summed E-state index contributed by atoms with van der Waals surface area (Å²) in [5.74, 6) is 1.16. The highest BCUT2D eigenvalue weighted by Gasteiger charge is 2.13. The summed E-state index contributed by atoms with van der Waals surface area (Å²) in [6.45, 7) is -0.363. The normalized spacial score (nSPS) is 11.6. The van der Waals surface area contributed by atoms with E-state index in [1.54, 1.807) is 30.3 Å². The summed E-state index contributed by atoms with van der Waals surface area (Å²) >= 11 is 0. The molecule has 0 saturated heterocycles. The van der Waals surface area contributed by atoms with Gasteiger partial charge in [0.25, 0.3) is 5.69 Å². The van der Waals surface area contributed by atoms with Gasteiger partial charge < -0.3 is 25.0 Å². The van der Waals surface area contributed by atoms with Crippen LogP contribution in [0, 0.1) is 10.1 Å². The molecule has 8 nitrogen and oxygen atoms in total. The van der Waals surface area contributed by atoms with Gasteiger partial charge in [-0.2, -0.15) is 0 Å². The van der Waals surface area contributed by atoms with Crippen molar-refractivity contribution in [1.29, 1.82) is 0 Å². The van der Waals surface area contributed by atoms with E-state index in [0.29, 0.717) is 17.2 Å². The smallest absolute Gasteiger partial charge is 0.275 e. The number of nitro groups is 1. The zero-order chi connectivity index (χ0) is 17.5. The number of aliphatic hydroxyl groups excluding tert-OH is 2. The SMILES string of the molecule is COc1ccccc1Oc1cc(NCC(O)CO)cc([N+](=O)[O-])c1. The third kappa shape index (κ3) is 4.58. The van der Waals surface area contributed by atoms with Gasteiger partial charge in [0, 0.05) is 24.4 Å². The van der Waals surface area contributed by atoms with Crippen LogP contribution in [0.15, 0.2) is 42.5 Å². The van der Waals surface area contributed by atoms with E-state index >= 15 is 0 Å². The maximum atomic E-state index is 11.1. The molecule has 24 heavy (non-hydrogen) atoms. The van der Waals surface area contributed by atoms with Gasteiger partial charge in [0.05, 0.1) is 30.8 Å². The van der Waals surface area contributed by atoms with Crippen molar-refractivity contribution in [2.75, 3.05) is 25.6 Å². The molecule has 0 saturated carbocycles. The number of aliphatic hydroxyl groups is 2. The van der Waals surface area contributed by atoms with Gasteiger partial charge in [-0.3, -0.25) is 10.1 Å². The van der Waals surface area contributed by atoms with Crippen molar-refractivity contribution >= 4 is 11.4 Å². The van der Waals surface area contributed by atoms with Crippen molar-refractivity contribution in [1.82, 2.24) is 0 Å². The number of methoxy groups -OCH3 is 1. The molecule has 0 fully saturated rings. The number of hydrogen-bond acceptors (Lipinski definition) is 7. The second kappa shape index (κ2) is 8.14. The fourth-order valence-corrected chi connectivity index (χ4v) is 1.98. The van der Waals surface area contributed by atoms with Crippen LogP contribution < -0.4 is 14.8 Å². The number of anilines is 1. The van der Waals surface area contributed by atoms with Crippen LogP contribution in [0.3, 0.4) is 0 Å². The lowest BCUT2D eigenvalue weighted by atomic mass is 10.2. The minimum atomic E-state index is -0.970. The lowest BCUT2D eigenvalue weighted by Crippen LogP contribution is -2.22. The Labute approximate surface area is 138 Å².